The average molecular weight is 301 g/mol. The van der Waals surface area contributed by atoms with Crippen LogP contribution in [0.2, 0.25) is 0 Å². The number of amides is 1. The number of aryl methyl sites for hydroxylation is 2. The number of carbonyl (C=O) groups excluding carboxylic acids is 1. The van der Waals surface area contributed by atoms with E-state index in [1.165, 1.54) is 0 Å². The molecule has 2 rings (SSSR count). The van der Waals surface area contributed by atoms with Gasteiger partial charge in [-0.25, -0.2) is 0 Å². The molecule has 5 nitrogen and oxygen atoms in total. The Kier molecular flexibility index (Phi) is 5.33. The third-order valence-corrected chi connectivity index (χ3v) is 3.81. The Bertz CT molecular complexity index is 734. The lowest BCUT2D eigenvalue weighted by molar-refractivity contribution is -0.120. The molecule has 0 bridgehead atoms. The van der Waals surface area contributed by atoms with Crippen LogP contribution in [0.4, 0.5) is 0 Å². The lowest BCUT2D eigenvalue weighted by Gasteiger charge is -2.09. The first-order chi connectivity index (χ1) is 10.5. The molecule has 0 saturated heterocycles. The molecule has 118 valence electrons. The highest BCUT2D eigenvalue weighted by atomic mass is 16.1. The number of H-pyrrole nitrogens is 1. The van der Waals surface area contributed by atoms with E-state index in [9.17, 15) is 9.59 Å². The highest BCUT2D eigenvalue weighted by molar-refractivity contribution is 5.84. The second-order valence-electron chi connectivity index (χ2n) is 5.56. The maximum absolute atomic E-state index is 12.3. The van der Waals surface area contributed by atoms with Gasteiger partial charge in [-0.2, -0.15) is 0 Å². The summed E-state index contributed by atoms with van der Waals surface area (Å²) in [6.45, 7) is 5.28. The van der Waals surface area contributed by atoms with Crippen LogP contribution in [-0.2, 0) is 11.3 Å². The molecule has 0 aliphatic rings. The van der Waals surface area contributed by atoms with Crippen molar-refractivity contribution in [2.24, 2.45) is 0 Å². The molecule has 22 heavy (non-hydrogen) atoms. The summed E-state index contributed by atoms with van der Waals surface area (Å²) in [7, 11) is 1.64. The van der Waals surface area contributed by atoms with Crippen LogP contribution in [0.5, 0.6) is 0 Å². The largest absolute Gasteiger partial charge is 0.359 e. The predicted octanol–water partition coefficient (Wildman–Crippen LogP) is 1.76. The van der Waals surface area contributed by atoms with Crippen molar-refractivity contribution in [3.8, 4) is 0 Å². The van der Waals surface area contributed by atoms with Gasteiger partial charge in [0.05, 0.1) is 5.52 Å². The zero-order chi connectivity index (χ0) is 16.1. The minimum absolute atomic E-state index is 0.0482. The van der Waals surface area contributed by atoms with Crippen molar-refractivity contribution in [2.75, 3.05) is 13.6 Å². The van der Waals surface area contributed by atoms with E-state index in [4.69, 9.17) is 0 Å². The minimum Gasteiger partial charge on any atom is -0.359 e. The van der Waals surface area contributed by atoms with Gasteiger partial charge in [-0.15, -0.1) is 0 Å². The Labute approximate surface area is 130 Å². The van der Waals surface area contributed by atoms with E-state index in [1.807, 2.05) is 26.0 Å². The Morgan fingerprint density at radius 1 is 1.23 bits per heavy atom. The molecule has 5 heteroatoms. The van der Waals surface area contributed by atoms with E-state index in [2.05, 4.69) is 15.6 Å². The fourth-order valence-electron chi connectivity index (χ4n) is 2.53. The van der Waals surface area contributed by atoms with Gasteiger partial charge in [-0.3, -0.25) is 9.59 Å². The standard InChI is InChI=1S/C17H23N3O2/c1-11-6-7-12(2)17-16(11)14(21)9-13(20-17)10-19-8-4-5-15(22)18-3/h6-7,9,19H,4-5,8,10H2,1-3H3,(H,18,22)(H,20,21). The summed E-state index contributed by atoms with van der Waals surface area (Å²) in [5, 5.41) is 6.62. The number of hydrogen-bond acceptors (Lipinski definition) is 3. The molecular formula is C17H23N3O2. The van der Waals surface area contributed by atoms with E-state index in [0.717, 1.165) is 40.7 Å². The van der Waals surface area contributed by atoms with Crippen molar-refractivity contribution in [2.45, 2.75) is 33.2 Å². The second kappa shape index (κ2) is 7.22. The monoisotopic (exact) mass is 301 g/mol. The van der Waals surface area contributed by atoms with Crippen molar-refractivity contribution >= 4 is 16.8 Å². The van der Waals surface area contributed by atoms with E-state index in [0.29, 0.717) is 13.0 Å². The number of carbonyl (C=O) groups is 1. The number of pyridine rings is 1. The first-order valence-corrected chi connectivity index (χ1v) is 7.56. The van der Waals surface area contributed by atoms with Crippen LogP contribution in [0.1, 0.15) is 29.7 Å². The molecule has 0 atom stereocenters. The van der Waals surface area contributed by atoms with E-state index >= 15 is 0 Å². The lowest BCUT2D eigenvalue weighted by Crippen LogP contribution is -2.21. The Morgan fingerprint density at radius 2 is 1.95 bits per heavy atom. The highest BCUT2D eigenvalue weighted by Crippen LogP contribution is 2.17. The molecule has 1 heterocycles. The summed E-state index contributed by atoms with van der Waals surface area (Å²) in [6, 6.07) is 5.65. The van der Waals surface area contributed by atoms with Gasteiger partial charge in [-0.05, 0) is 37.9 Å². The van der Waals surface area contributed by atoms with Gasteiger partial charge in [0.15, 0.2) is 5.43 Å². The van der Waals surface area contributed by atoms with E-state index < -0.39 is 0 Å². The Hall–Kier alpha value is -2.14. The number of fused-ring (bicyclic) bond motifs is 1. The Morgan fingerprint density at radius 3 is 2.68 bits per heavy atom. The molecule has 0 aliphatic heterocycles. The topological polar surface area (TPSA) is 74.0 Å². The van der Waals surface area contributed by atoms with Crippen molar-refractivity contribution in [3.63, 3.8) is 0 Å². The maximum Gasteiger partial charge on any atom is 0.219 e. The van der Waals surface area contributed by atoms with Crippen LogP contribution in [-0.4, -0.2) is 24.5 Å². The van der Waals surface area contributed by atoms with E-state index in [-0.39, 0.29) is 11.3 Å². The first-order valence-electron chi connectivity index (χ1n) is 7.56. The van der Waals surface area contributed by atoms with Gasteiger partial charge >= 0.3 is 0 Å². The molecule has 0 unspecified atom stereocenters. The van der Waals surface area contributed by atoms with Gasteiger partial charge in [-0.1, -0.05) is 12.1 Å². The molecule has 1 amide bonds. The van der Waals surface area contributed by atoms with Crippen LogP contribution in [0, 0.1) is 13.8 Å². The molecular weight excluding hydrogens is 278 g/mol. The highest BCUT2D eigenvalue weighted by Gasteiger charge is 2.07. The minimum atomic E-state index is 0.0482. The number of aromatic nitrogens is 1. The summed E-state index contributed by atoms with van der Waals surface area (Å²) >= 11 is 0. The molecule has 1 aromatic carbocycles. The summed E-state index contributed by atoms with van der Waals surface area (Å²) in [6.07, 6.45) is 1.28. The average Bonchev–Trinajstić information content (AvgIpc) is 2.50. The molecule has 0 saturated carbocycles. The van der Waals surface area contributed by atoms with Gasteiger partial charge in [0.2, 0.25) is 5.91 Å². The van der Waals surface area contributed by atoms with Crippen LogP contribution in [0.25, 0.3) is 10.9 Å². The van der Waals surface area contributed by atoms with Crippen molar-refractivity contribution in [3.05, 3.63) is 45.2 Å². The number of hydrogen-bond donors (Lipinski definition) is 3. The number of benzene rings is 1. The van der Waals surface area contributed by atoms with Crippen LogP contribution in [0.3, 0.4) is 0 Å². The lowest BCUT2D eigenvalue weighted by atomic mass is 10.0. The third-order valence-electron chi connectivity index (χ3n) is 3.81. The van der Waals surface area contributed by atoms with Crippen LogP contribution in [0.15, 0.2) is 23.0 Å². The zero-order valence-electron chi connectivity index (χ0n) is 13.4. The Balaban J connectivity index is 2.05. The van der Waals surface area contributed by atoms with E-state index in [1.54, 1.807) is 13.1 Å². The van der Waals surface area contributed by atoms with Crippen LogP contribution < -0.4 is 16.1 Å². The normalized spacial score (nSPS) is 10.9. The third kappa shape index (κ3) is 3.74. The molecule has 0 fully saturated rings. The fourth-order valence-corrected chi connectivity index (χ4v) is 2.53. The van der Waals surface area contributed by atoms with Crippen LogP contribution >= 0.6 is 0 Å². The van der Waals surface area contributed by atoms with Crippen molar-refractivity contribution in [1.29, 1.82) is 0 Å². The number of aromatic amines is 1. The van der Waals surface area contributed by atoms with Crippen molar-refractivity contribution < 1.29 is 4.79 Å². The predicted molar refractivity (Wildman–Crippen MR) is 89.1 cm³/mol. The molecule has 0 radical (unpaired) electrons. The first kappa shape index (κ1) is 16.2. The maximum atomic E-state index is 12.3. The molecule has 2 aromatic rings. The number of rotatable bonds is 6. The van der Waals surface area contributed by atoms with Gasteiger partial charge in [0.1, 0.15) is 0 Å². The van der Waals surface area contributed by atoms with Gasteiger partial charge < -0.3 is 15.6 Å². The summed E-state index contributed by atoms with van der Waals surface area (Å²) in [5.74, 6) is 0.0482. The quantitative estimate of drug-likeness (QED) is 0.712. The summed E-state index contributed by atoms with van der Waals surface area (Å²) < 4.78 is 0. The molecule has 0 spiro atoms. The molecule has 0 aliphatic carbocycles. The zero-order valence-corrected chi connectivity index (χ0v) is 13.4. The van der Waals surface area contributed by atoms with Gasteiger partial charge in [0.25, 0.3) is 0 Å². The molecule has 1 aromatic heterocycles. The van der Waals surface area contributed by atoms with Gasteiger partial charge in [0, 0.05) is 37.2 Å². The molecule has 3 N–H and O–H groups in total. The second-order valence-corrected chi connectivity index (χ2v) is 5.56. The van der Waals surface area contributed by atoms with Crippen molar-refractivity contribution in [1.82, 2.24) is 15.6 Å². The SMILES string of the molecule is CNC(=O)CCCNCc1cc(=O)c2c(C)ccc(C)c2[nH]1. The number of nitrogens with one attached hydrogen (secondary N) is 3. The summed E-state index contributed by atoms with van der Waals surface area (Å²) in [5.41, 5.74) is 3.89. The fraction of sp³-hybridized carbons (Fsp3) is 0.412. The smallest absolute Gasteiger partial charge is 0.219 e. The summed E-state index contributed by atoms with van der Waals surface area (Å²) in [4.78, 5) is 26.8.